The van der Waals surface area contributed by atoms with E-state index >= 15 is 0 Å². The van der Waals surface area contributed by atoms with Crippen LogP contribution in [0.25, 0.3) is 0 Å². The average Bonchev–Trinajstić information content (AvgIpc) is 2.57. The van der Waals surface area contributed by atoms with Gasteiger partial charge in [-0.05, 0) is 49.3 Å². The Hall–Kier alpha value is -2.43. The number of carbonyl (C=O) groups excluding carboxylic acids is 1. The first-order valence-corrected chi connectivity index (χ1v) is 8.54. The van der Waals surface area contributed by atoms with E-state index in [2.05, 4.69) is 10.4 Å². The molecule has 0 spiro atoms. The summed E-state index contributed by atoms with van der Waals surface area (Å²) in [5, 5.41) is 7.34. The van der Waals surface area contributed by atoms with E-state index in [0.717, 1.165) is 48.1 Å². The van der Waals surface area contributed by atoms with Crippen molar-refractivity contribution in [2.75, 3.05) is 6.54 Å². The van der Waals surface area contributed by atoms with E-state index in [9.17, 15) is 9.59 Å². The van der Waals surface area contributed by atoms with Gasteiger partial charge in [-0.1, -0.05) is 24.3 Å². The number of aryl methyl sites for hydroxylation is 3. The third-order valence-corrected chi connectivity index (χ3v) is 4.53. The minimum atomic E-state index is -0.0798. The molecule has 1 heterocycles. The average molecular weight is 325 g/mol. The van der Waals surface area contributed by atoms with Gasteiger partial charge < -0.3 is 5.32 Å². The summed E-state index contributed by atoms with van der Waals surface area (Å²) in [6, 6.07) is 9.57. The number of fused-ring (bicyclic) bond motifs is 1. The van der Waals surface area contributed by atoms with Gasteiger partial charge >= 0.3 is 0 Å². The molecule has 5 heteroatoms. The van der Waals surface area contributed by atoms with E-state index in [1.165, 1.54) is 4.68 Å². The van der Waals surface area contributed by atoms with Crippen molar-refractivity contribution >= 4 is 5.91 Å². The monoisotopic (exact) mass is 325 g/mol. The predicted octanol–water partition coefficient (Wildman–Crippen LogP) is 1.79. The lowest BCUT2D eigenvalue weighted by Crippen LogP contribution is -2.33. The molecule has 1 aliphatic rings. The van der Waals surface area contributed by atoms with Gasteiger partial charge in [0, 0.05) is 12.6 Å². The maximum Gasteiger partial charge on any atom is 0.267 e. The molecule has 2 aromatic rings. The number of amides is 1. The number of aromatic nitrogens is 2. The largest absolute Gasteiger partial charge is 0.354 e. The van der Waals surface area contributed by atoms with Gasteiger partial charge in [-0.2, -0.15) is 5.10 Å². The highest BCUT2D eigenvalue weighted by atomic mass is 16.1. The fourth-order valence-corrected chi connectivity index (χ4v) is 3.11. The molecule has 24 heavy (non-hydrogen) atoms. The summed E-state index contributed by atoms with van der Waals surface area (Å²) < 4.78 is 1.47. The smallest absolute Gasteiger partial charge is 0.267 e. The molecule has 0 fully saturated rings. The number of hydrogen-bond donors (Lipinski definition) is 1. The lowest BCUT2D eigenvalue weighted by Gasteiger charge is -2.16. The Morgan fingerprint density at radius 2 is 2.04 bits per heavy atom. The van der Waals surface area contributed by atoms with Gasteiger partial charge in [0.05, 0.1) is 18.7 Å². The molecule has 5 nitrogen and oxygen atoms in total. The van der Waals surface area contributed by atoms with Crippen LogP contribution in [0.5, 0.6) is 0 Å². The Bertz CT molecular complexity index is 795. The van der Waals surface area contributed by atoms with Crippen molar-refractivity contribution in [1.82, 2.24) is 15.1 Å². The zero-order valence-electron chi connectivity index (χ0n) is 14.0. The molecule has 0 aliphatic heterocycles. The molecule has 3 rings (SSSR count). The van der Waals surface area contributed by atoms with Crippen LogP contribution < -0.4 is 10.9 Å². The second-order valence-corrected chi connectivity index (χ2v) is 6.34. The molecule has 1 aliphatic carbocycles. The summed E-state index contributed by atoms with van der Waals surface area (Å²) in [5.74, 6) is -0.0321. The van der Waals surface area contributed by atoms with Crippen LogP contribution in [0.15, 0.2) is 35.1 Å². The molecule has 0 saturated carbocycles. The SMILES string of the molecule is Cc1ccccc1CC(=O)NCCn1nc2c(cc1=O)CCCC2. The van der Waals surface area contributed by atoms with Crippen LogP contribution in [0.2, 0.25) is 0 Å². The van der Waals surface area contributed by atoms with E-state index in [1.807, 2.05) is 31.2 Å². The van der Waals surface area contributed by atoms with Gasteiger partial charge in [0.25, 0.3) is 5.56 Å². The van der Waals surface area contributed by atoms with Crippen LogP contribution in [-0.4, -0.2) is 22.2 Å². The summed E-state index contributed by atoms with van der Waals surface area (Å²) in [7, 11) is 0. The Labute approximate surface area is 141 Å². The quantitative estimate of drug-likeness (QED) is 0.911. The van der Waals surface area contributed by atoms with Crippen molar-refractivity contribution in [2.24, 2.45) is 0 Å². The minimum absolute atomic E-state index is 0.0321. The minimum Gasteiger partial charge on any atom is -0.354 e. The third kappa shape index (κ3) is 3.91. The first kappa shape index (κ1) is 16.4. The molecule has 126 valence electrons. The summed E-state index contributed by atoms with van der Waals surface area (Å²) in [6.45, 7) is 2.82. The van der Waals surface area contributed by atoms with Crippen molar-refractivity contribution in [3.63, 3.8) is 0 Å². The Morgan fingerprint density at radius 3 is 2.88 bits per heavy atom. The van der Waals surface area contributed by atoms with E-state index in [1.54, 1.807) is 6.07 Å². The maximum absolute atomic E-state index is 12.1. The fraction of sp³-hybridized carbons (Fsp3) is 0.421. The van der Waals surface area contributed by atoms with Gasteiger partial charge in [0.15, 0.2) is 0 Å². The topological polar surface area (TPSA) is 64.0 Å². The van der Waals surface area contributed by atoms with Crippen LogP contribution in [0, 0.1) is 6.92 Å². The molecule has 0 saturated heterocycles. The fourth-order valence-electron chi connectivity index (χ4n) is 3.11. The van der Waals surface area contributed by atoms with Crippen LogP contribution in [0.4, 0.5) is 0 Å². The Morgan fingerprint density at radius 1 is 1.25 bits per heavy atom. The second-order valence-electron chi connectivity index (χ2n) is 6.34. The zero-order chi connectivity index (χ0) is 16.9. The molecular weight excluding hydrogens is 302 g/mol. The molecule has 1 aromatic carbocycles. The standard InChI is InChI=1S/C19H23N3O2/c1-14-6-2-3-7-15(14)12-18(23)20-10-11-22-19(24)13-16-8-4-5-9-17(16)21-22/h2-3,6-7,13H,4-5,8-12H2,1H3,(H,20,23). The molecule has 1 aromatic heterocycles. The number of rotatable bonds is 5. The molecular formula is C19H23N3O2. The highest BCUT2D eigenvalue weighted by Gasteiger charge is 2.13. The first-order valence-electron chi connectivity index (χ1n) is 8.54. The number of nitrogens with one attached hydrogen (secondary N) is 1. The van der Waals surface area contributed by atoms with Crippen LogP contribution in [0.1, 0.15) is 35.2 Å². The summed E-state index contributed by atoms with van der Waals surface area (Å²) in [6.07, 6.45) is 4.51. The van der Waals surface area contributed by atoms with Crippen molar-refractivity contribution in [3.8, 4) is 0 Å². The first-order chi connectivity index (χ1) is 11.6. The van der Waals surface area contributed by atoms with E-state index in [0.29, 0.717) is 19.5 Å². The normalized spacial score (nSPS) is 13.4. The summed E-state index contributed by atoms with van der Waals surface area (Å²) in [4.78, 5) is 24.1. The van der Waals surface area contributed by atoms with E-state index in [-0.39, 0.29) is 11.5 Å². The van der Waals surface area contributed by atoms with E-state index in [4.69, 9.17) is 0 Å². The zero-order valence-corrected chi connectivity index (χ0v) is 14.0. The van der Waals surface area contributed by atoms with Crippen LogP contribution in [0.3, 0.4) is 0 Å². The van der Waals surface area contributed by atoms with Crippen molar-refractivity contribution < 1.29 is 4.79 Å². The van der Waals surface area contributed by atoms with Gasteiger partial charge in [-0.3, -0.25) is 9.59 Å². The number of carbonyl (C=O) groups is 1. The molecule has 1 amide bonds. The highest BCUT2D eigenvalue weighted by molar-refractivity contribution is 5.78. The molecule has 1 N–H and O–H groups in total. The number of hydrogen-bond acceptors (Lipinski definition) is 3. The van der Waals surface area contributed by atoms with Gasteiger partial charge in [0.2, 0.25) is 5.91 Å². The third-order valence-electron chi connectivity index (χ3n) is 4.53. The second kappa shape index (κ2) is 7.43. The van der Waals surface area contributed by atoms with E-state index < -0.39 is 0 Å². The van der Waals surface area contributed by atoms with Crippen molar-refractivity contribution in [1.29, 1.82) is 0 Å². The Balaban J connectivity index is 1.56. The predicted molar refractivity (Wildman–Crippen MR) is 93.0 cm³/mol. The summed E-state index contributed by atoms with van der Waals surface area (Å²) in [5.41, 5.74) is 4.18. The summed E-state index contributed by atoms with van der Waals surface area (Å²) >= 11 is 0. The number of benzene rings is 1. The number of nitrogens with zero attached hydrogens (tertiary/aromatic N) is 2. The molecule has 0 radical (unpaired) electrons. The van der Waals surface area contributed by atoms with Crippen LogP contribution in [-0.2, 0) is 30.6 Å². The van der Waals surface area contributed by atoms with Crippen molar-refractivity contribution in [2.45, 2.75) is 45.6 Å². The van der Waals surface area contributed by atoms with Gasteiger partial charge in [-0.25, -0.2) is 4.68 Å². The van der Waals surface area contributed by atoms with Crippen LogP contribution >= 0.6 is 0 Å². The molecule has 0 atom stereocenters. The molecule has 0 bridgehead atoms. The lowest BCUT2D eigenvalue weighted by atomic mass is 9.97. The lowest BCUT2D eigenvalue weighted by molar-refractivity contribution is -0.120. The Kier molecular flexibility index (Phi) is 5.08. The maximum atomic E-state index is 12.1. The highest BCUT2D eigenvalue weighted by Crippen LogP contribution is 2.16. The van der Waals surface area contributed by atoms with Gasteiger partial charge in [0.1, 0.15) is 0 Å². The van der Waals surface area contributed by atoms with Crippen molar-refractivity contribution in [3.05, 3.63) is 63.1 Å². The van der Waals surface area contributed by atoms with Gasteiger partial charge in [-0.15, -0.1) is 0 Å². The molecule has 0 unspecified atom stereocenters.